The fraction of sp³-hybridized carbons (Fsp3) is 0.400. The van der Waals surface area contributed by atoms with Gasteiger partial charge < -0.3 is 25.8 Å². The topological polar surface area (TPSA) is 124 Å². The Labute approximate surface area is 179 Å². The number of carbonyl (C=O) groups is 1. The highest BCUT2D eigenvalue weighted by Gasteiger charge is 2.14. The maximum Gasteiger partial charge on any atom is 0.272 e. The van der Waals surface area contributed by atoms with Crippen molar-refractivity contribution >= 4 is 17.6 Å². The SMILES string of the molecule is COc1nc(OCC(F)F)ccc1CNC(=O)c1ccncc1NC(N)=NCC(C)C. The highest BCUT2D eigenvalue weighted by molar-refractivity contribution is 6.03. The number of nitrogens with one attached hydrogen (secondary N) is 2. The second-order valence-corrected chi connectivity index (χ2v) is 6.87. The van der Waals surface area contributed by atoms with E-state index < -0.39 is 13.0 Å². The molecule has 0 aliphatic carbocycles. The van der Waals surface area contributed by atoms with Gasteiger partial charge in [-0.15, -0.1) is 0 Å². The average molecular weight is 436 g/mol. The third kappa shape index (κ3) is 7.68. The maximum atomic E-state index is 12.7. The molecule has 2 rings (SSSR count). The van der Waals surface area contributed by atoms with E-state index in [1.165, 1.54) is 25.6 Å². The van der Waals surface area contributed by atoms with E-state index in [-0.39, 0.29) is 30.2 Å². The number of aromatic nitrogens is 2. The lowest BCUT2D eigenvalue weighted by atomic mass is 10.2. The number of hydrogen-bond donors (Lipinski definition) is 3. The number of methoxy groups -OCH3 is 1. The first-order chi connectivity index (χ1) is 14.8. The molecule has 0 atom stereocenters. The number of nitrogens with two attached hydrogens (primary N) is 1. The van der Waals surface area contributed by atoms with Crippen molar-refractivity contribution in [3.63, 3.8) is 0 Å². The fourth-order valence-corrected chi connectivity index (χ4v) is 2.41. The molecule has 9 nitrogen and oxygen atoms in total. The number of hydrogen-bond acceptors (Lipinski definition) is 6. The van der Waals surface area contributed by atoms with Crippen LogP contribution in [-0.4, -0.2) is 48.5 Å². The molecular formula is C20H26F2N6O3. The minimum Gasteiger partial charge on any atom is -0.481 e. The van der Waals surface area contributed by atoms with Gasteiger partial charge in [0.1, 0.15) is 0 Å². The van der Waals surface area contributed by atoms with E-state index in [2.05, 4.69) is 25.6 Å². The monoisotopic (exact) mass is 436 g/mol. The summed E-state index contributed by atoms with van der Waals surface area (Å²) in [5, 5.41) is 5.64. The molecule has 168 valence electrons. The fourth-order valence-electron chi connectivity index (χ4n) is 2.41. The number of rotatable bonds is 10. The molecule has 0 saturated heterocycles. The van der Waals surface area contributed by atoms with Crippen molar-refractivity contribution < 1.29 is 23.0 Å². The Morgan fingerprint density at radius 3 is 2.74 bits per heavy atom. The van der Waals surface area contributed by atoms with Gasteiger partial charge in [0.05, 0.1) is 24.6 Å². The second kappa shape index (κ2) is 11.6. The Morgan fingerprint density at radius 2 is 2.06 bits per heavy atom. The lowest BCUT2D eigenvalue weighted by Crippen LogP contribution is -2.28. The number of anilines is 1. The van der Waals surface area contributed by atoms with Crippen LogP contribution in [0.4, 0.5) is 14.5 Å². The number of aliphatic imine (C=N–C) groups is 1. The molecule has 1 amide bonds. The zero-order valence-electron chi connectivity index (χ0n) is 17.6. The first-order valence-electron chi connectivity index (χ1n) is 9.54. The van der Waals surface area contributed by atoms with Gasteiger partial charge in [0.15, 0.2) is 12.6 Å². The highest BCUT2D eigenvalue weighted by atomic mass is 19.3. The molecule has 0 aromatic carbocycles. The predicted octanol–water partition coefficient (Wildman–Crippen LogP) is 2.44. The number of carbonyl (C=O) groups excluding carboxylic acids is 1. The largest absolute Gasteiger partial charge is 0.481 e. The van der Waals surface area contributed by atoms with Crippen LogP contribution < -0.4 is 25.8 Å². The van der Waals surface area contributed by atoms with Gasteiger partial charge in [-0.05, 0) is 18.1 Å². The Balaban J connectivity index is 2.07. The van der Waals surface area contributed by atoms with Gasteiger partial charge in [0.25, 0.3) is 12.3 Å². The summed E-state index contributed by atoms with van der Waals surface area (Å²) in [5.41, 5.74) is 7.15. The summed E-state index contributed by atoms with van der Waals surface area (Å²) in [5.74, 6) is 0.296. The molecule has 2 aromatic rings. The molecular weight excluding hydrogens is 410 g/mol. The summed E-state index contributed by atoms with van der Waals surface area (Å²) in [6.07, 6.45) is 0.349. The smallest absolute Gasteiger partial charge is 0.272 e. The minimum atomic E-state index is -2.61. The normalized spacial score (nSPS) is 11.5. The van der Waals surface area contributed by atoms with E-state index in [9.17, 15) is 13.6 Å². The van der Waals surface area contributed by atoms with Crippen LogP contribution in [-0.2, 0) is 6.54 Å². The van der Waals surface area contributed by atoms with Crippen LogP contribution in [0.1, 0.15) is 29.8 Å². The molecule has 0 saturated carbocycles. The van der Waals surface area contributed by atoms with E-state index in [0.717, 1.165) is 0 Å². The maximum absolute atomic E-state index is 12.7. The molecule has 2 heterocycles. The van der Waals surface area contributed by atoms with Gasteiger partial charge in [0.2, 0.25) is 11.8 Å². The molecule has 0 fully saturated rings. The first-order valence-corrected chi connectivity index (χ1v) is 9.54. The second-order valence-electron chi connectivity index (χ2n) is 6.87. The van der Waals surface area contributed by atoms with Crippen LogP contribution in [0.5, 0.6) is 11.8 Å². The number of nitrogens with zero attached hydrogens (tertiary/aromatic N) is 3. The summed E-state index contributed by atoms with van der Waals surface area (Å²) < 4.78 is 34.6. The summed E-state index contributed by atoms with van der Waals surface area (Å²) >= 11 is 0. The molecule has 0 unspecified atom stereocenters. The first kappa shape index (κ1) is 23.8. The average Bonchev–Trinajstić information content (AvgIpc) is 2.75. The van der Waals surface area contributed by atoms with Crippen molar-refractivity contribution in [3.8, 4) is 11.8 Å². The third-order valence-electron chi connectivity index (χ3n) is 3.86. The van der Waals surface area contributed by atoms with Crippen molar-refractivity contribution in [3.05, 3.63) is 41.7 Å². The molecule has 31 heavy (non-hydrogen) atoms. The summed E-state index contributed by atoms with van der Waals surface area (Å²) in [7, 11) is 1.38. The number of amides is 1. The number of ether oxygens (including phenoxy) is 2. The van der Waals surface area contributed by atoms with Crippen molar-refractivity contribution in [2.45, 2.75) is 26.8 Å². The van der Waals surface area contributed by atoms with Crippen molar-refractivity contribution in [2.24, 2.45) is 16.6 Å². The van der Waals surface area contributed by atoms with E-state index in [0.29, 0.717) is 29.3 Å². The van der Waals surface area contributed by atoms with E-state index >= 15 is 0 Å². The zero-order chi connectivity index (χ0) is 22.8. The molecule has 4 N–H and O–H groups in total. The Bertz CT molecular complexity index is 908. The molecule has 0 aliphatic heterocycles. The van der Waals surface area contributed by atoms with Crippen LogP contribution in [0.25, 0.3) is 0 Å². The van der Waals surface area contributed by atoms with Gasteiger partial charge in [-0.3, -0.25) is 14.8 Å². The minimum absolute atomic E-state index is 0.00371. The standard InChI is InChI=1S/C20H26F2N6O3/c1-12(2)8-26-20(23)27-15-10-24-7-6-14(15)18(29)25-9-13-4-5-17(28-19(13)30-3)31-11-16(21)22/h4-7,10,12,16H,8-9,11H2,1-3H3,(H,25,29)(H3,23,26,27). The Morgan fingerprint density at radius 1 is 1.29 bits per heavy atom. The van der Waals surface area contributed by atoms with Gasteiger partial charge >= 0.3 is 0 Å². The van der Waals surface area contributed by atoms with Gasteiger partial charge in [-0.25, -0.2) is 8.78 Å². The lowest BCUT2D eigenvalue weighted by Gasteiger charge is -2.13. The number of pyridine rings is 2. The van der Waals surface area contributed by atoms with Crippen molar-refractivity contribution in [2.75, 3.05) is 25.6 Å². The molecule has 0 bridgehead atoms. The van der Waals surface area contributed by atoms with E-state index in [1.807, 2.05) is 13.8 Å². The summed E-state index contributed by atoms with van der Waals surface area (Å²) in [6, 6.07) is 4.55. The Hall–Kier alpha value is -3.50. The molecule has 0 aliphatic rings. The van der Waals surface area contributed by atoms with Crippen LogP contribution in [0.3, 0.4) is 0 Å². The van der Waals surface area contributed by atoms with Crippen molar-refractivity contribution in [1.82, 2.24) is 15.3 Å². The Kier molecular flexibility index (Phi) is 8.92. The van der Waals surface area contributed by atoms with Crippen LogP contribution >= 0.6 is 0 Å². The molecule has 0 spiro atoms. The van der Waals surface area contributed by atoms with Crippen molar-refractivity contribution in [1.29, 1.82) is 0 Å². The van der Waals surface area contributed by atoms with Gasteiger partial charge in [-0.1, -0.05) is 13.8 Å². The number of halogens is 2. The van der Waals surface area contributed by atoms with Crippen LogP contribution in [0.15, 0.2) is 35.6 Å². The van der Waals surface area contributed by atoms with Crippen LogP contribution in [0, 0.1) is 5.92 Å². The molecule has 0 radical (unpaired) electrons. The molecule has 11 heteroatoms. The predicted molar refractivity (Wildman–Crippen MR) is 113 cm³/mol. The van der Waals surface area contributed by atoms with Gasteiger partial charge in [0, 0.05) is 30.9 Å². The third-order valence-corrected chi connectivity index (χ3v) is 3.86. The number of guanidine groups is 1. The van der Waals surface area contributed by atoms with E-state index in [1.54, 1.807) is 12.1 Å². The quantitative estimate of drug-likeness (QED) is 0.386. The highest BCUT2D eigenvalue weighted by Crippen LogP contribution is 2.21. The molecule has 2 aromatic heterocycles. The summed E-state index contributed by atoms with van der Waals surface area (Å²) in [4.78, 5) is 24.9. The lowest BCUT2D eigenvalue weighted by molar-refractivity contribution is 0.0792. The van der Waals surface area contributed by atoms with E-state index in [4.69, 9.17) is 15.2 Å². The number of alkyl halides is 2. The summed E-state index contributed by atoms with van der Waals surface area (Å²) in [6.45, 7) is 3.89. The van der Waals surface area contributed by atoms with Crippen LogP contribution in [0.2, 0.25) is 0 Å². The zero-order valence-corrected chi connectivity index (χ0v) is 17.6. The van der Waals surface area contributed by atoms with Gasteiger partial charge in [-0.2, -0.15) is 4.98 Å².